The van der Waals surface area contributed by atoms with Crippen LogP contribution in [0.5, 0.6) is 0 Å². The third-order valence-electron chi connectivity index (χ3n) is 3.18. The zero-order chi connectivity index (χ0) is 13.8. The van der Waals surface area contributed by atoms with E-state index in [1.807, 2.05) is 14.0 Å². The van der Waals surface area contributed by atoms with Crippen LogP contribution in [-0.2, 0) is 10.2 Å². The van der Waals surface area contributed by atoms with Gasteiger partial charge in [-0.1, -0.05) is 18.2 Å². The van der Waals surface area contributed by atoms with Crippen LogP contribution in [0, 0.1) is 5.82 Å². The zero-order valence-corrected chi connectivity index (χ0v) is 12.6. The summed E-state index contributed by atoms with van der Waals surface area (Å²) in [6.07, 6.45) is 0. The number of likely N-dealkylation sites (N-methyl/N-ethyl adjacent to an activating group) is 1. The molecule has 0 aliphatic rings. The molecular weight excluding hydrogens is 267 g/mol. The SMILES string of the molecule is CNC(C)CNC(=O)C(C)(C)c1ccccc1F.Cl. The monoisotopic (exact) mass is 288 g/mol. The molecule has 19 heavy (non-hydrogen) atoms. The molecule has 0 saturated carbocycles. The fourth-order valence-corrected chi connectivity index (χ4v) is 1.66. The van der Waals surface area contributed by atoms with Crippen molar-refractivity contribution >= 4 is 18.3 Å². The zero-order valence-electron chi connectivity index (χ0n) is 11.8. The molecular formula is C14H22ClFN2O. The van der Waals surface area contributed by atoms with Crippen molar-refractivity contribution in [1.29, 1.82) is 0 Å². The molecule has 0 aromatic heterocycles. The number of hydrogen-bond acceptors (Lipinski definition) is 2. The fourth-order valence-electron chi connectivity index (χ4n) is 1.66. The van der Waals surface area contributed by atoms with Crippen LogP contribution < -0.4 is 10.6 Å². The Labute approximate surface area is 120 Å². The van der Waals surface area contributed by atoms with Gasteiger partial charge in [-0.15, -0.1) is 12.4 Å². The van der Waals surface area contributed by atoms with Crippen molar-refractivity contribution in [1.82, 2.24) is 10.6 Å². The Morgan fingerprint density at radius 3 is 2.47 bits per heavy atom. The van der Waals surface area contributed by atoms with E-state index in [1.54, 1.807) is 32.0 Å². The Hall–Kier alpha value is -1.13. The molecule has 0 aliphatic carbocycles. The summed E-state index contributed by atoms with van der Waals surface area (Å²) in [6, 6.07) is 6.57. The molecule has 108 valence electrons. The third-order valence-corrected chi connectivity index (χ3v) is 3.18. The number of hydrogen-bond donors (Lipinski definition) is 2. The maximum Gasteiger partial charge on any atom is 0.230 e. The first-order chi connectivity index (χ1) is 8.39. The molecule has 1 unspecified atom stereocenters. The van der Waals surface area contributed by atoms with Crippen LogP contribution >= 0.6 is 12.4 Å². The summed E-state index contributed by atoms with van der Waals surface area (Å²) < 4.78 is 13.7. The predicted octanol–water partition coefficient (Wildman–Crippen LogP) is 2.25. The lowest BCUT2D eigenvalue weighted by atomic mass is 9.83. The minimum atomic E-state index is -0.876. The third kappa shape index (κ3) is 4.48. The van der Waals surface area contributed by atoms with E-state index in [-0.39, 0.29) is 30.2 Å². The molecule has 0 spiro atoms. The van der Waals surface area contributed by atoms with Gasteiger partial charge in [0.2, 0.25) is 5.91 Å². The largest absolute Gasteiger partial charge is 0.354 e. The highest BCUT2D eigenvalue weighted by Gasteiger charge is 2.32. The van der Waals surface area contributed by atoms with E-state index >= 15 is 0 Å². The molecule has 1 aromatic rings. The van der Waals surface area contributed by atoms with Crippen molar-refractivity contribution in [3.05, 3.63) is 35.6 Å². The molecule has 1 aromatic carbocycles. The van der Waals surface area contributed by atoms with E-state index in [0.29, 0.717) is 12.1 Å². The summed E-state index contributed by atoms with van der Waals surface area (Å²) >= 11 is 0. The van der Waals surface area contributed by atoms with E-state index in [4.69, 9.17) is 0 Å². The van der Waals surface area contributed by atoms with Gasteiger partial charge in [0.25, 0.3) is 0 Å². The fraction of sp³-hybridized carbons (Fsp3) is 0.500. The van der Waals surface area contributed by atoms with Crippen LogP contribution in [0.15, 0.2) is 24.3 Å². The minimum Gasteiger partial charge on any atom is -0.354 e. The molecule has 3 nitrogen and oxygen atoms in total. The van der Waals surface area contributed by atoms with Crippen molar-refractivity contribution in [3.63, 3.8) is 0 Å². The van der Waals surface area contributed by atoms with Gasteiger partial charge in [0.15, 0.2) is 0 Å². The van der Waals surface area contributed by atoms with E-state index in [9.17, 15) is 9.18 Å². The van der Waals surface area contributed by atoms with Gasteiger partial charge in [-0.05, 0) is 33.9 Å². The van der Waals surface area contributed by atoms with E-state index in [1.165, 1.54) is 6.07 Å². The van der Waals surface area contributed by atoms with Gasteiger partial charge in [-0.2, -0.15) is 0 Å². The number of carbonyl (C=O) groups excluding carboxylic acids is 1. The molecule has 0 aliphatic heterocycles. The van der Waals surface area contributed by atoms with Crippen LogP contribution in [0.3, 0.4) is 0 Å². The average Bonchev–Trinajstić information content (AvgIpc) is 2.35. The molecule has 0 bridgehead atoms. The second-order valence-electron chi connectivity index (χ2n) is 5.00. The second-order valence-corrected chi connectivity index (χ2v) is 5.00. The maximum absolute atomic E-state index is 13.7. The van der Waals surface area contributed by atoms with Gasteiger partial charge in [0.05, 0.1) is 5.41 Å². The smallest absolute Gasteiger partial charge is 0.230 e. The molecule has 0 fully saturated rings. The highest BCUT2D eigenvalue weighted by molar-refractivity contribution is 5.87. The maximum atomic E-state index is 13.7. The van der Waals surface area contributed by atoms with Crippen LogP contribution in [0.1, 0.15) is 26.3 Å². The normalized spacial score (nSPS) is 12.5. The Morgan fingerprint density at radius 2 is 1.95 bits per heavy atom. The molecule has 1 amide bonds. The predicted molar refractivity (Wildman–Crippen MR) is 78.2 cm³/mol. The number of amides is 1. The van der Waals surface area contributed by atoms with E-state index in [2.05, 4.69) is 10.6 Å². The van der Waals surface area contributed by atoms with Crippen molar-refractivity contribution in [2.45, 2.75) is 32.2 Å². The van der Waals surface area contributed by atoms with E-state index in [0.717, 1.165) is 0 Å². The van der Waals surface area contributed by atoms with Gasteiger partial charge < -0.3 is 10.6 Å². The Kier molecular flexibility index (Phi) is 7.01. The standard InChI is InChI=1S/C14H21FN2O.ClH/c1-10(16-4)9-17-13(18)14(2,3)11-7-5-6-8-12(11)15;/h5-8,10,16H,9H2,1-4H3,(H,17,18);1H. The molecule has 0 radical (unpaired) electrons. The van der Waals surface area contributed by atoms with Gasteiger partial charge in [0.1, 0.15) is 5.82 Å². The molecule has 0 heterocycles. The number of carbonyl (C=O) groups is 1. The first-order valence-corrected chi connectivity index (χ1v) is 6.10. The highest BCUT2D eigenvalue weighted by Crippen LogP contribution is 2.25. The quantitative estimate of drug-likeness (QED) is 0.872. The van der Waals surface area contributed by atoms with Crippen LogP contribution in [-0.4, -0.2) is 25.5 Å². The Bertz CT molecular complexity index is 424. The first-order valence-electron chi connectivity index (χ1n) is 6.10. The summed E-state index contributed by atoms with van der Waals surface area (Å²) in [5.41, 5.74) is -0.460. The van der Waals surface area contributed by atoms with Gasteiger partial charge in [-0.3, -0.25) is 4.79 Å². The molecule has 1 rings (SSSR count). The second kappa shape index (κ2) is 7.46. The summed E-state index contributed by atoms with van der Waals surface area (Å²) in [7, 11) is 1.83. The summed E-state index contributed by atoms with van der Waals surface area (Å²) in [6.45, 7) is 5.94. The lowest BCUT2D eigenvalue weighted by molar-refractivity contribution is -0.125. The Balaban J connectivity index is 0.00000324. The first kappa shape index (κ1) is 17.9. The molecule has 2 N–H and O–H groups in total. The molecule has 1 atom stereocenters. The summed E-state index contributed by atoms with van der Waals surface area (Å²) in [5, 5.41) is 5.87. The molecule has 0 saturated heterocycles. The van der Waals surface area contributed by atoms with E-state index < -0.39 is 5.41 Å². The highest BCUT2D eigenvalue weighted by atomic mass is 35.5. The Morgan fingerprint density at radius 1 is 1.37 bits per heavy atom. The number of benzene rings is 1. The lowest BCUT2D eigenvalue weighted by Gasteiger charge is -2.25. The van der Waals surface area contributed by atoms with Crippen LogP contribution in [0.4, 0.5) is 4.39 Å². The van der Waals surface area contributed by atoms with Crippen LogP contribution in [0.2, 0.25) is 0 Å². The van der Waals surface area contributed by atoms with Crippen molar-refractivity contribution in [3.8, 4) is 0 Å². The topological polar surface area (TPSA) is 41.1 Å². The number of halogens is 2. The van der Waals surface area contributed by atoms with Crippen molar-refractivity contribution < 1.29 is 9.18 Å². The lowest BCUT2D eigenvalue weighted by Crippen LogP contribution is -2.45. The van der Waals surface area contributed by atoms with Gasteiger partial charge >= 0.3 is 0 Å². The number of rotatable bonds is 5. The van der Waals surface area contributed by atoms with Gasteiger partial charge in [0, 0.05) is 18.2 Å². The van der Waals surface area contributed by atoms with Crippen molar-refractivity contribution in [2.75, 3.05) is 13.6 Å². The van der Waals surface area contributed by atoms with Gasteiger partial charge in [-0.25, -0.2) is 4.39 Å². The summed E-state index contributed by atoms with van der Waals surface area (Å²) in [5.74, 6) is -0.519. The molecule has 5 heteroatoms. The minimum absolute atomic E-state index is 0. The summed E-state index contributed by atoms with van der Waals surface area (Å²) in [4.78, 5) is 12.1. The van der Waals surface area contributed by atoms with Crippen LogP contribution in [0.25, 0.3) is 0 Å². The average molecular weight is 289 g/mol. The number of nitrogens with one attached hydrogen (secondary N) is 2. The van der Waals surface area contributed by atoms with Crippen molar-refractivity contribution in [2.24, 2.45) is 0 Å².